The van der Waals surface area contributed by atoms with Crippen LogP contribution in [0, 0.1) is 5.82 Å². The Labute approximate surface area is 171 Å². The summed E-state index contributed by atoms with van der Waals surface area (Å²) in [5.74, 6) is 0.648. The third-order valence-corrected chi connectivity index (χ3v) is 5.19. The average Bonchev–Trinajstić information content (AvgIpc) is 2.77. The van der Waals surface area contributed by atoms with E-state index in [0.717, 1.165) is 38.3 Å². The molecule has 5 nitrogen and oxygen atoms in total. The van der Waals surface area contributed by atoms with Crippen LogP contribution in [-0.4, -0.2) is 57.6 Å². The highest BCUT2D eigenvalue weighted by molar-refractivity contribution is 6.07. The molecule has 0 radical (unpaired) electrons. The van der Waals surface area contributed by atoms with Crippen molar-refractivity contribution in [2.75, 3.05) is 51.8 Å². The van der Waals surface area contributed by atoms with Gasteiger partial charge in [-0.1, -0.05) is 13.0 Å². The lowest BCUT2D eigenvalue weighted by molar-refractivity contribution is 0.104. The quantitative estimate of drug-likeness (QED) is 0.523. The number of carbonyl (C=O) groups is 1. The number of nitrogens with zero attached hydrogens (tertiary/aromatic N) is 2. The summed E-state index contributed by atoms with van der Waals surface area (Å²) in [4.78, 5) is 16.9. The van der Waals surface area contributed by atoms with Crippen molar-refractivity contribution >= 4 is 17.5 Å². The van der Waals surface area contributed by atoms with Crippen LogP contribution in [-0.2, 0) is 0 Å². The number of hydrogen-bond donors (Lipinski definition) is 0. The van der Waals surface area contributed by atoms with Crippen molar-refractivity contribution in [1.82, 2.24) is 4.90 Å². The largest absolute Gasteiger partial charge is 0.497 e. The lowest BCUT2D eigenvalue weighted by Gasteiger charge is -2.35. The Bertz CT molecular complexity index is 867. The number of benzene rings is 2. The van der Waals surface area contributed by atoms with Gasteiger partial charge in [-0.25, -0.2) is 4.39 Å². The molecule has 0 aliphatic carbocycles. The molecule has 29 heavy (non-hydrogen) atoms. The van der Waals surface area contributed by atoms with Crippen molar-refractivity contribution < 1.29 is 18.7 Å². The number of methoxy groups -OCH3 is 2. The number of ketones is 1. The molecule has 2 aromatic carbocycles. The van der Waals surface area contributed by atoms with E-state index in [1.807, 2.05) is 4.90 Å². The number of hydrogen-bond acceptors (Lipinski definition) is 5. The van der Waals surface area contributed by atoms with E-state index in [2.05, 4.69) is 11.8 Å². The standard InChI is InChI=1S/C23H27FN2O3/c1-4-25-9-11-26(12-10-25)22-7-6-18(15-21(22)24)23(27)8-5-17-13-19(28-2)16-20(14-17)29-3/h5-8,13-16H,4,9-12H2,1-3H3/b8-5+. The molecule has 6 heteroatoms. The van der Waals surface area contributed by atoms with E-state index in [1.54, 1.807) is 50.6 Å². The van der Waals surface area contributed by atoms with Crippen molar-refractivity contribution in [1.29, 1.82) is 0 Å². The van der Waals surface area contributed by atoms with E-state index < -0.39 is 0 Å². The molecule has 0 aromatic heterocycles. The van der Waals surface area contributed by atoms with Gasteiger partial charge in [-0.2, -0.15) is 0 Å². The second kappa shape index (κ2) is 9.56. The Kier molecular flexibility index (Phi) is 6.88. The summed E-state index contributed by atoms with van der Waals surface area (Å²) in [7, 11) is 3.14. The van der Waals surface area contributed by atoms with E-state index in [9.17, 15) is 9.18 Å². The van der Waals surface area contributed by atoms with Gasteiger partial charge in [0.1, 0.15) is 17.3 Å². The fraction of sp³-hybridized carbons (Fsp3) is 0.348. The number of carbonyl (C=O) groups excluding carboxylic acids is 1. The van der Waals surface area contributed by atoms with Gasteiger partial charge in [-0.05, 0) is 48.5 Å². The van der Waals surface area contributed by atoms with Gasteiger partial charge in [0.05, 0.1) is 19.9 Å². The summed E-state index contributed by atoms with van der Waals surface area (Å²) >= 11 is 0. The Morgan fingerprint density at radius 3 is 2.24 bits per heavy atom. The van der Waals surface area contributed by atoms with Crippen LogP contribution in [0.1, 0.15) is 22.8 Å². The maximum Gasteiger partial charge on any atom is 0.185 e. The van der Waals surface area contributed by atoms with Crippen LogP contribution in [0.25, 0.3) is 6.08 Å². The maximum absolute atomic E-state index is 14.7. The smallest absolute Gasteiger partial charge is 0.185 e. The van der Waals surface area contributed by atoms with Crippen molar-refractivity contribution in [2.45, 2.75) is 6.92 Å². The molecule has 0 spiro atoms. The fourth-order valence-corrected chi connectivity index (χ4v) is 3.42. The fourth-order valence-electron chi connectivity index (χ4n) is 3.42. The zero-order chi connectivity index (χ0) is 20.8. The molecule has 154 valence electrons. The van der Waals surface area contributed by atoms with Crippen LogP contribution in [0.3, 0.4) is 0 Å². The summed E-state index contributed by atoms with van der Waals surface area (Å²) in [5, 5.41) is 0. The van der Waals surface area contributed by atoms with E-state index in [1.165, 1.54) is 12.1 Å². The molecule has 1 heterocycles. The number of ether oxygens (including phenoxy) is 2. The highest BCUT2D eigenvalue weighted by Crippen LogP contribution is 2.25. The molecular formula is C23H27FN2O3. The predicted molar refractivity (Wildman–Crippen MR) is 114 cm³/mol. The highest BCUT2D eigenvalue weighted by atomic mass is 19.1. The molecule has 0 unspecified atom stereocenters. The first-order chi connectivity index (χ1) is 14.0. The summed E-state index contributed by atoms with van der Waals surface area (Å²) in [6.07, 6.45) is 3.10. The molecule has 1 aliphatic heterocycles. The Morgan fingerprint density at radius 1 is 1.03 bits per heavy atom. The number of halogens is 1. The molecule has 1 aliphatic rings. The summed E-state index contributed by atoms with van der Waals surface area (Å²) in [6, 6.07) is 10.1. The second-order valence-electron chi connectivity index (χ2n) is 6.93. The minimum absolute atomic E-state index is 0.256. The minimum atomic E-state index is -0.364. The van der Waals surface area contributed by atoms with Crippen molar-refractivity contribution in [3.8, 4) is 11.5 Å². The molecule has 1 saturated heterocycles. The maximum atomic E-state index is 14.7. The lowest BCUT2D eigenvalue weighted by atomic mass is 10.1. The van der Waals surface area contributed by atoms with Gasteiger partial charge >= 0.3 is 0 Å². The molecule has 0 N–H and O–H groups in total. The van der Waals surface area contributed by atoms with E-state index >= 15 is 0 Å². The van der Waals surface area contributed by atoms with Crippen LogP contribution < -0.4 is 14.4 Å². The SMILES string of the molecule is CCN1CCN(c2ccc(C(=O)/C=C/c3cc(OC)cc(OC)c3)cc2F)CC1. The number of anilines is 1. The molecule has 3 rings (SSSR count). The molecular weight excluding hydrogens is 371 g/mol. The predicted octanol–water partition coefficient (Wildman–Crippen LogP) is 3.88. The van der Waals surface area contributed by atoms with Crippen molar-refractivity contribution in [3.05, 3.63) is 59.4 Å². The lowest BCUT2D eigenvalue weighted by Crippen LogP contribution is -2.46. The number of allylic oxidation sites excluding steroid dienone is 1. The van der Waals surface area contributed by atoms with E-state index in [4.69, 9.17) is 9.47 Å². The van der Waals surface area contributed by atoms with Gasteiger partial charge in [0.25, 0.3) is 0 Å². The zero-order valence-electron chi connectivity index (χ0n) is 17.2. The van der Waals surface area contributed by atoms with Crippen LogP contribution in [0.15, 0.2) is 42.5 Å². The van der Waals surface area contributed by atoms with E-state index in [0.29, 0.717) is 22.7 Å². The first kappa shape index (κ1) is 20.9. The summed E-state index contributed by atoms with van der Waals surface area (Å²) in [5.41, 5.74) is 1.64. The van der Waals surface area contributed by atoms with Crippen LogP contribution in [0.5, 0.6) is 11.5 Å². The number of piperazine rings is 1. The molecule has 2 aromatic rings. The molecule has 0 amide bonds. The normalized spacial score (nSPS) is 15.0. The third-order valence-electron chi connectivity index (χ3n) is 5.19. The summed E-state index contributed by atoms with van der Waals surface area (Å²) < 4.78 is 25.1. The first-order valence-electron chi connectivity index (χ1n) is 9.76. The Hall–Kier alpha value is -2.86. The molecule has 1 fully saturated rings. The van der Waals surface area contributed by atoms with Gasteiger partial charge in [0.15, 0.2) is 5.78 Å². The third kappa shape index (κ3) is 5.15. The van der Waals surface area contributed by atoms with Gasteiger partial charge in [-0.15, -0.1) is 0 Å². The van der Waals surface area contributed by atoms with Crippen LogP contribution >= 0.6 is 0 Å². The van der Waals surface area contributed by atoms with Gasteiger partial charge < -0.3 is 19.3 Å². The Balaban J connectivity index is 1.72. The topological polar surface area (TPSA) is 42.0 Å². The van der Waals surface area contributed by atoms with Crippen LogP contribution in [0.2, 0.25) is 0 Å². The minimum Gasteiger partial charge on any atom is -0.497 e. The number of likely N-dealkylation sites (N-methyl/N-ethyl adjacent to an activating group) is 1. The molecule has 0 saturated carbocycles. The summed E-state index contributed by atoms with van der Waals surface area (Å²) in [6.45, 7) is 6.55. The zero-order valence-corrected chi connectivity index (χ0v) is 17.2. The van der Waals surface area contributed by atoms with E-state index in [-0.39, 0.29) is 11.6 Å². The van der Waals surface area contributed by atoms with Gasteiger partial charge in [0, 0.05) is 37.8 Å². The monoisotopic (exact) mass is 398 g/mol. The van der Waals surface area contributed by atoms with Gasteiger partial charge in [0.2, 0.25) is 0 Å². The Morgan fingerprint density at radius 2 is 1.69 bits per heavy atom. The first-order valence-corrected chi connectivity index (χ1v) is 9.76. The molecule has 0 bridgehead atoms. The molecule has 0 atom stereocenters. The highest BCUT2D eigenvalue weighted by Gasteiger charge is 2.19. The van der Waals surface area contributed by atoms with Crippen molar-refractivity contribution in [2.24, 2.45) is 0 Å². The number of rotatable bonds is 7. The average molecular weight is 398 g/mol. The second-order valence-corrected chi connectivity index (χ2v) is 6.93. The van der Waals surface area contributed by atoms with Crippen molar-refractivity contribution in [3.63, 3.8) is 0 Å². The van der Waals surface area contributed by atoms with Crippen LogP contribution in [0.4, 0.5) is 10.1 Å². The van der Waals surface area contributed by atoms with Gasteiger partial charge in [-0.3, -0.25) is 4.79 Å².